The van der Waals surface area contributed by atoms with E-state index in [0.29, 0.717) is 0 Å². The minimum Gasteiger partial charge on any atom is -0.309 e. The Kier molecular flexibility index (Phi) is 10.9. The molecule has 338 valence electrons. The van der Waals surface area contributed by atoms with Gasteiger partial charge in [-0.2, -0.15) is 0 Å². The lowest BCUT2D eigenvalue weighted by Crippen LogP contribution is -2.02. The smallest absolute Gasteiger partial charge is 0.0535 e. The summed E-state index contributed by atoms with van der Waals surface area (Å²) in [6.45, 7) is 0. The number of aromatic nitrogens is 2. The van der Waals surface area contributed by atoms with Gasteiger partial charge in [-0.15, -0.1) is 0 Å². The van der Waals surface area contributed by atoms with Crippen LogP contribution in [-0.2, 0) is 0 Å². The Balaban J connectivity index is 1.19. The van der Waals surface area contributed by atoms with Crippen molar-refractivity contribution in [1.29, 1.82) is 0 Å². The third-order valence-electron chi connectivity index (χ3n) is 14.2. The summed E-state index contributed by atoms with van der Waals surface area (Å²) in [5.74, 6) is 0. The monoisotopic (exact) mass is 916 g/mol. The van der Waals surface area contributed by atoms with E-state index in [2.05, 4.69) is 300 Å². The second-order valence-corrected chi connectivity index (χ2v) is 18.4. The van der Waals surface area contributed by atoms with E-state index in [1.807, 2.05) is 0 Å². The van der Waals surface area contributed by atoms with Gasteiger partial charge < -0.3 is 9.13 Å². The van der Waals surface area contributed by atoms with Crippen molar-refractivity contribution in [2.75, 3.05) is 0 Å². The predicted molar refractivity (Wildman–Crippen MR) is 304 cm³/mol. The molecule has 72 heavy (non-hydrogen) atoms. The average molecular weight is 917 g/mol. The maximum absolute atomic E-state index is 2.46. The summed E-state index contributed by atoms with van der Waals surface area (Å²) in [5, 5.41) is 4.71. The highest BCUT2D eigenvalue weighted by atomic mass is 15.0. The summed E-state index contributed by atoms with van der Waals surface area (Å²) in [6.07, 6.45) is 0. The highest BCUT2D eigenvalue weighted by molar-refractivity contribution is 6.24. The molecule has 2 aromatic heterocycles. The Morgan fingerprint density at radius 1 is 0.181 bits per heavy atom. The van der Waals surface area contributed by atoms with Gasteiger partial charge in [0.2, 0.25) is 0 Å². The molecular weight excluding hydrogens is 869 g/mol. The van der Waals surface area contributed by atoms with Crippen LogP contribution in [-0.4, -0.2) is 9.13 Å². The van der Waals surface area contributed by atoms with Crippen molar-refractivity contribution in [2.45, 2.75) is 0 Å². The number of hydrogen-bond acceptors (Lipinski definition) is 0. The van der Waals surface area contributed by atoms with Gasteiger partial charge in [0.1, 0.15) is 0 Å². The lowest BCUT2D eigenvalue weighted by Gasteiger charge is -2.24. The number of hydrogen-bond donors (Lipinski definition) is 0. The zero-order chi connectivity index (χ0) is 47.8. The van der Waals surface area contributed by atoms with Crippen LogP contribution in [0.1, 0.15) is 0 Å². The summed E-state index contributed by atoms with van der Waals surface area (Å²) >= 11 is 0. The number of nitrogens with zero attached hydrogens (tertiary/aromatic N) is 2. The molecule has 13 rings (SSSR count). The molecule has 0 unspecified atom stereocenters. The van der Waals surface area contributed by atoms with E-state index in [1.54, 1.807) is 0 Å². The van der Waals surface area contributed by atoms with Gasteiger partial charge >= 0.3 is 0 Å². The molecule has 13 aromatic rings. The molecule has 0 saturated carbocycles. The lowest BCUT2D eigenvalue weighted by atomic mass is 9.82. The number of benzene rings is 11. The van der Waals surface area contributed by atoms with Gasteiger partial charge in [-0.25, -0.2) is 0 Å². The summed E-state index contributed by atoms with van der Waals surface area (Å²) in [7, 11) is 0. The van der Waals surface area contributed by atoms with Gasteiger partial charge in [-0.3, -0.25) is 0 Å². The van der Waals surface area contributed by atoms with E-state index in [1.165, 1.54) is 66.1 Å². The molecule has 0 N–H and O–H groups in total. The SMILES string of the molecule is c1ccc(-c2ccccc2-c2c3ccc(-n4c(-c5ccccc5)ccc4-c4ccccc4)cc3c(-c3ccccc3-c3ccccc3)c3ccc(-n4c(-c5ccccc5)ccc4-c4ccccc4)cc23)cc1. The fraction of sp³-hybridized carbons (Fsp3) is 0. The topological polar surface area (TPSA) is 9.86 Å². The second-order valence-electron chi connectivity index (χ2n) is 18.4. The minimum atomic E-state index is 1.09. The molecule has 0 amide bonds. The van der Waals surface area contributed by atoms with E-state index in [4.69, 9.17) is 0 Å². The molecule has 0 bridgehead atoms. The first kappa shape index (κ1) is 42.6. The highest BCUT2D eigenvalue weighted by Crippen LogP contribution is 2.50. The average Bonchev–Trinajstić information content (AvgIpc) is 4.12. The van der Waals surface area contributed by atoms with Crippen molar-refractivity contribution < 1.29 is 0 Å². The molecule has 0 aliphatic carbocycles. The standard InChI is InChI=1S/C70H48N2/c1-7-23-49(24-8-1)57-35-19-21-37-59(57)69-61-41-39-56(72-67(53-31-15-5-16-32-53)45-46-68(72)54-33-17-6-18-34-54)48-64(61)70(60-38-22-20-36-58(60)50-25-9-2-10-26-50)62-42-40-55(47-63(62)69)71-65(51-27-11-3-12-28-51)43-44-66(71)52-29-13-4-14-30-52/h1-48H. The van der Waals surface area contributed by atoms with Gasteiger partial charge in [0.25, 0.3) is 0 Å². The second kappa shape index (κ2) is 18.4. The van der Waals surface area contributed by atoms with Crippen LogP contribution in [0.3, 0.4) is 0 Å². The molecule has 0 spiro atoms. The maximum Gasteiger partial charge on any atom is 0.0535 e. The lowest BCUT2D eigenvalue weighted by molar-refractivity contribution is 1.10. The molecular formula is C70H48N2. The Labute approximate surface area is 420 Å². The first-order valence-corrected chi connectivity index (χ1v) is 24.8. The van der Waals surface area contributed by atoms with Crippen LogP contribution in [0.15, 0.2) is 291 Å². The fourth-order valence-corrected chi connectivity index (χ4v) is 11.0. The van der Waals surface area contributed by atoms with Gasteiger partial charge in [0, 0.05) is 11.4 Å². The van der Waals surface area contributed by atoms with Crippen LogP contribution in [0.4, 0.5) is 0 Å². The van der Waals surface area contributed by atoms with Crippen molar-refractivity contribution in [3.8, 4) is 101 Å². The fourth-order valence-electron chi connectivity index (χ4n) is 11.0. The van der Waals surface area contributed by atoms with Crippen LogP contribution < -0.4 is 0 Å². The van der Waals surface area contributed by atoms with E-state index in [0.717, 1.165) is 56.4 Å². The molecule has 0 aliphatic rings. The normalized spacial score (nSPS) is 11.3. The van der Waals surface area contributed by atoms with Crippen LogP contribution in [0.25, 0.3) is 122 Å². The third-order valence-corrected chi connectivity index (χ3v) is 14.2. The van der Waals surface area contributed by atoms with Crippen molar-refractivity contribution in [2.24, 2.45) is 0 Å². The quantitative estimate of drug-likeness (QED) is 0.121. The summed E-state index contributed by atoms with van der Waals surface area (Å²) in [5.41, 5.74) is 20.8. The first-order chi connectivity index (χ1) is 35.8. The van der Waals surface area contributed by atoms with E-state index < -0.39 is 0 Å². The van der Waals surface area contributed by atoms with E-state index in [-0.39, 0.29) is 0 Å². The number of rotatable bonds is 10. The van der Waals surface area contributed by atoms with E-state index in [9.17, 15) is 0 Å². The van der Waals surface area contributed by atoms with Crippen LogP contribution in [0.5, 0.6) is 0 Å². The van der Waals surface area contributed by atoms with Crippen molar-refractivity contribution in [3.63, 3.8) is 0 Å². The summed E-state index contributed by atoms with van der Waals surface area (Å²) in [6, 6.07) is 106. The predicted octanol–water partition coefficient (Wildman–Crippen LogP) is 18.9. The highest BCUT2D eigenvalue weighted by Gasteiger charge is 2.24. The molecule has 0 saturated heterocycles. The zero-order valence-corrected chi connectivity index (χ0v) is 39.6. The van der Waals surface area contributed by atoms with Gasteiger partial charge in [-0.05, 0) is 137 Å². The maximum atomic E-state index is 2.46. The Morgan fingerprint density at radius 3 is 0.722 bits per heavy atom. The van der Waals surface area contributed by atoms with Gasteiger partial charge in [-0.1, -0.05) is 243 Å². The molecule has 2 heterocycles. The summed E-state index contributed by atoms with van der Waals surface area (Å²) < 4.78 is 4.90. The molecule has 0 radical (unpaired) electrons. The van der Waals surface area contributed by atoms with Crippen molar-refractivity contribution in [1.82, 2.24) is 9.13 Å². The van der Waals surface area contributed by atoms with Gasteiger partial charge in [0.15, 0.2) is 0 Å². The molecule has 0 fully saturated rings. The molecule has 2 heteroatoms. The summed E-state index contributed by atoms with van der Waals surface area (Å²) in [4.78, 5) is 0. The molecule has 11 aromatic carbocycles. The van der Waals surface area contributed by atoms with E-state index >= 15 is 0 Å². The molecule has 0 atom stereocenters. The largest absolute Gasteiger partial charge is 0.309 e. The molecule has 0 aliphatic heterocycles. The van der Waals surface area contributed by atoms with Crippen LogP contribution in [0.2, 0.25) is 0 Å². The van der Waals surface area contributed by atoms with Crippen molar-refractivity contribution in [3.05, 3.63) is 291 Å². The minimum absolute atomic E-state index is 1.09. The zero-order valence-electron chi connectivity index (χ0n) is 39.6. The number of fused-ring (bicyclic) bond motifs is 2. The van der Waals surface area contributed by atoms with Crippen LogP contribution in [0, 0.1) is 0 Å². The Bertz CT molecular complexity index is 3660. The third kappa shape index (κ3) is 7.54. The van der Waals surface area contributed by atoms with Crippen molar-refractivity contribution >= 4 is 21.5 Å². The first-order valence-electron chi connectivity index (χ1n) is 24.8. The Morgan fingerprint density at radius 2 is 0.431 bits per heavy atom. The Hall–Kier alpha value is -9.50. The van der Waals surface area contributed by atoms with Gasteiger partial charge in [0.05, 0.1) is 22.8 Å². The van der Waals surface area contributed by atoms with Crippen LogP contribution >= 0.6 is 0 Å². The molecule has 2 nitrogen and oxygen atoms in total.